The Morgan fingerprint density at radius 3 is 2.83 bits per heavy atom. The van der Waals surface area contributed by atoms with Gasteiger partial charge in [-0.2, -0.15) is 0 Å². The summed E-state index contributed by atoms with van der Waals surface area (Å²) in [4.78, 5) is 32.5. The minimum atomic E-state index is -0.0708. The third-order valence-corrected chi connectivity index (χ3v) is 6.18. The van der Waals surface area contributed by atoms with Crippen molar-refractivity contribution in [3.63, 3.8) is 0 Å². The lowest BCUT2D eigenvalue weighted by Crippen LogP contribution is -2.31. The highest BCUT2D eigenvalue weighted by atomic mass is 32.2. The van der Waals surface area contributed by atoms with E-state index in [-0.39, 0.29) is 17.2 Å². The lowest BCUT2D eigenvalue weighted by atomic mass is 10.2. The van der Waals surface area contributed by atoms with Crippen LogP contribution in [-0.2, 0) is 22.5 Å². The third kappa shape index (κ3) is 4.27. The number of hydrogen-bond acceptors (Lipinski definition) is 5. The molecular weight excluding hydrogens is 398 g/mol. The van der Waals surface area contributed by atoms with Gasteiger partial charge in [0.15, 0.2) is 5.16 Å². The van der Waals surface area contributed by atoms with Crippen LogP contribution in [0.25, 0.3) is 10.9 Å². The lowest BCUT2D eigenvalue weighted by Gasteiger charge is -2.18. The Hall–Kier alpha value is -2.64. The van der Waals surface area contributed by atoms with E-state index in [0.717, 1.165) is 18.5 Å². The number of para-hydroxylation sites is 2. The van der Waals surface area contributed by atoms with Gasteiger partial charge in [0.25, 0.3) is 5.56 Å². The molecule has 30 heavy (non-hydrogen) atoms. The molecule has 1 amide bonds. The summed E-state index contributed by atoms with van der Waals surface area (Å²) in [6.45, 7) is 4.40. The number of carbonyl (C=O) groups excluding carboxylic acids is 1. The molecule has 1 aliphatic rings. The molecule has 0 N–H and O–H groups in total. The summed E-state index contributed by atoms with van der Waals surface area (Å²) in [7, 11) is 0. The van der Waals surface area contributed by atoms with Crippen LogP contribution in [0.3, 0.4) is 0 Å². The fourth-order valence-corrected chi connectivity index (χ4v) is 4.63. The van der Waals surface area contributed by atoms with E-state index in [0.29, 0.717) is 42.4 Å². The van der Waals surface area contributed by atoms with Crippen molar-refractivity contribution in [2.24, 2.45) is 0 Å². The monoisotopic (exact) mass is 423 g/mol. The minimum Gasteiger partial charge on any atom is -0.382 e. The molecule has 4 rings (SSSR count). The highest BCUT2D eigenvalue weighted by molar-refractivity contribution is 7.99. The Bertz CT molecular complexity index is 1110. The summed E-state index contributed by atoms with van der Waals surface area (Å²) in [5.41, 5.74) is 2.78. The Kier molecular flexibility index (Phi) is 6.50. The Morgan fingerprint density at radius 1 is 1.17 bits per heavy atom. The molecule has 0 unspecified atom stereocenters. The average molecular weight is 424 g/mol. The van der Waals surface area contributed by atoms with Gasteiger partial charge in [-0.05, 0) is 43.5 Å². The van der Waals surface area contributed by atoms with Gasteiger partial charge in [0.1, 0.15) is 0 Å². The van der Waals surface area contributed by atoms with Crippen LogP contribution < -0.4 is 10.5 Å². The van der Waals surface area contributed by atoms with E-state index >= 15 is 0 Å². The van der Waals surface area contributed by atoms with Crippen molar-refractivity contribution in [1.82, 2.24) is 9.55 Å². The number of hydrogen-bond donors (Lipinski definition) is 0. The van der Waals surface area contributed by atoms with Crippen molar-refractivity contribution in [3.05, 3.63) is 64.4 Å². The van der Waals surface area contributed by atoms with Gasteiger partial charge in [-0.25, -0.2) is 4.98 Å². The summed E-state index contributed by atoms with van der Waals surface area (Å²) < 4.78 is 7.10. The summed E-state index contributed by atoms with van der Waals surface area (Å²) in [5.74, 6) is 0.276. The van der Waals surface area contributed by atoms with Crippen molar-refractivity contribution >= 4 is 34.3 Å². The van der Waals surface area contributed by atoms with Crippen LogP contribution >= 0.6 is 11.8 Å². The minimum absolute atomic E-state index is 0.0354. The molecule has 1 aromatic heterocycles. The van der Waals surface area contributed by atoms with E-state index in [2.05, 4.69) is 6.07 Å². The maximum Gasteiger partial charge on any atom is 0.262 e. The second kappa shape index (κ2) is 9.45. The number of aromatic nitrogens is 2. The van der Waals surface area contributed by atoms with Crippen LogP contribution in [0.15, 0.2) is 58.5 Å². The number of ether oxygens (including phenoxy) is 1. The SMILES string of the molecule is CCOCCCn1c(SCC(=O)N2CCc3ccccc32)nc2ccccc2c1=O. The van der Waals surface area contributed by atoms with E-state index in [9.17, 15) is 9.59 Å². The highest BCUT2D eigenvalue weighted by Crippen LogP contribution is 2.28. The number of amides is 1. The largest absolute Gasteiger partial charge is 0.382 e. The molecule has 0 fully saturated rings. The predicted molar refractivity (Wildman–Crippen MR) is 120 cm³/mol. The molecule has 0 spiro atoms. The van der Waals surface area contributed by atoms with E-state index < -0.39 is 0 Å². The fraction of sp³-hybridized carbons (Fsp3) is 0.348. The summed E-state index contributed by atoms with van der Waals surface area (Å²) in [5, 5.41) is 1.18. The second-order valence-corrected chi connectivity index (χ2v) is 8.07. The Labute approximate surface area is 179 Å². The van der Waals surface area contributed by atoms with Crippen LogP contribution in [0.4, 0.5) is 5.69 Å². The zero-order chi connectivity index (χ0) is 20.9. The van der Waals surface area contributed by atoms with Crippen molar-refractivity contribution in [2.45, 2.75) is 31.5 Å². The van der Waals surface area contributed by atoms with Gasteiger partial charge >= 0.3 is 0 Å². The van der Waals surface area contributed by atoms with E-state index in [1.165, 1.54) is 17.3 Å². The first-order valence-electron chi connectivity index (χ1n) is 10.3. The highest BCUT2D eigenvalue weighted by Gasteiger charge is 2.24. The van der Waals surface area contributed by atoms with Gasteiger partial charge in [0.05, 0.1) is 16.7 Å². The summed E-state index contributed by atoms with van der Waals surface area (Å²) >= 11 is 1.33. The Balaban J connectivity index is 1.55. The Morgan fingerprint density at radius 2 is 1.97 bits per heavy atom. The molecule has 6 nitrogen and oxygen atoms in total. The smallest absolute Gasteiger partial charge is 0.262 e. The molecule has 0 atom stereocenters. The van der Waals surface area contributed by atoms with Gasteiger partial charge in [0.2, 0.25) is 5.91 Å². The standard InChI is InChI=1S/C23H25N3O3S/c1-2-29-15-7-13-26-22(28)18-9-4-5-10-19(18)24-23(26)30-16-21(27)25-14-12-17-8-3-6-11-20(17)25/h3-6,8-11H,2,7,12-16H2,1H3. The summed E-state index contributed by atoms with van der Waals surface area (Å²) in [6, 6.07) is 15.4. The van der Waals surface area contributed by atoms with Crippen molar-refractivity contribution < 1.29 is 9.53 Å². The van der Waals surface area contributed by atoms with Crippen molar-refractivity contribution in [2.75, 3.05) is 30.4 Å². The van der Waals surface area contributed by atoms with Crippen LogP contribution in [-0.4, -0.2) is 41.0 Å². The lowest BCUT2D eigenvalue weighted by molar-refractivity contribution is -0.116. The predicted octanol–water partition coefficient (Wildman–Crippen LogP) is 3.50. The third-order valence-electron chi connectivity index (χ3n) is 5.21. The number of anilines is 1. The molecule has 2 heterocycles. The topological polar surface area (TPSA) is 64.4 Å². The summed E-state index contributed by atoms with van der Waals surface area (Å²) in [6.07, 6.45) is 1.59. The van der Waals surface area contributed by atoms with Gasteiger partial charge in [-0.15, -0.1) is 0 Å². The van der Waals surface area contributed by atoms with E-state index in [1.54, 1.807) is 10.6 Å². The first-order chi connectivity index (χ1) is 14.7. The maximum atomic E-state index is 13.1. The van der Waals surface area contributed by atoms with Gasteiger partial charge in [0, 0.05) is 32.0 Å². The van der Waals surface area contributed by atoms with Gasteiger partial charge in [-0.3, -0.25) is 14.2 Å². The maximum absolute atomic E-state index is 13.1. The van der Waals surface area contributed by atoms with Crippen LogP contribution in [0.5, 0.6) is 0 Å². The fourth-order valence-electron chi connectivity index (χ4n) is 3.73. The molecule has 2 aromatic carbocycles. The number of carbonyl (C=O) groups is 1. The molecule has 0 radical (unpaired) electrons. The molecule has 156 valence electrons. The zero-order valence-electron chi connectivity index (χ0n) is 17.0. The second-order valence-electron chi connectivity index (χ2n) is 7.13. The number of nitrogens with zero attached hydrogens (tertiary/aromatic N) is 3. The zero-order valence-corrected chi connectivity index (χ0v) is 17.9. The first kappa shape index (κ1) is 20.6. The van der Waals surface area contributed by atoms with E-state index in [4.69, 9.17) is 9.72 Å². The molecule has 0 saturated carbocycles. The van der Waals surface area contributed by atoms with Crippen LogP contribution in [0.2, 0.25) is 0 Å². The molecule has 3 aromatic rings. The number of rotatable bonds is 8. The quantitative estimate of drug-likeness (QED) is 0.315. The molecule has 0 aliphatic carbocycles. The molecular formula is C23H25N3O3S. The number of benzene rings is 2. The number of thioether (sulfide) groups is 1. The molecule has 1 aliphatic heterocycles. The average Bonchev–Trinajstić information content (AvgIpc) is 3.21. The van der Waals surface area contributed by atoms with Crippen LogP contribution in [0, 0.1) is 0 Å². The van der Waals surface area contributed by atoms with Crippen molar-refractivity contribution in [3.8, 4) is 0 Å². The molecule has 0 saturated heterocycles. The first-order valence-corrected chi connectivity index (χ1v) is 11.3. The van der Waals surface area contributed by atoms with E-state index in [1.807, 2.05) is 48.2 Å². The molecule has 7 heteroatoms. The van der Waals surface area contributed by atoms with Gasteiger partial charge in [-0.1, -0.05) is 42.1 Å². The normalized spacial score (nSPS) is 13.0. The van der Waals surface area contributed by atoms with Crippen molar-refractivity contribution in [1.29, 1.82) is 0 Å². The number of fused-ring (bicyclic) bond motifs is 2. The van der Waals surface area contributed by atoms with Crippen LogP contribution in [0.1, 0.15) is 18.9 Å². The molecule has 0 bridgehead atoms. The van der Waals surface area contributed by atoms with Gasteiger partial charge < -0.3 is 9.64 Å².